The Morgan fingerprint density at radius 3 is 1.60 bits per heavy atom. The Labute approximate surface area is 180 Å². The Balaban J connectivity index is 2.17. The van der Waals surface area contributed by atoms with Gasteiger partial charge in [-0.05, 0) is 48.9 Å². The molecule has 0 aromatic heterocycles. The normalized spacial score (nSPS) is 11.7. The summed E-state index contributed by atoms with van der Waals surface area (Å²) < 4.78 is 5.95. The summed E-state index contributed by atoms with van der Waals surface area (Å²) in [7, 11) is 0. The van der Waals surface area contributed by atoms with Crippen LogP contribution in [0, 0.1) is 0 Å². The van der Waals surface area contributed by atoms with Gasteiger partial charge in [0.15, 0.2) is 5.78 Å². The van der Waals surface area contributed by atoms with Crippen LogP contribution in [0.4, 0.5) is 0 Å². The van der Waals surface area contributed by atoms with E-state index in [9.17, 15) is 4.79 Å². The SMILES string of the molecule is C=CCC(C)(C)OCC(=O)C=P(c1ccccc1)(c1ccccc1)c1ccccc1. The molecule has 30 heavy (non-hydrogen) atoms. The second-order valence-electron chi connectivity index (χ2n) is 7.87. The van der Waals surface area contributed by atoms with E-state index in [1.807, 2.05) is 80.3 Å². The predicted octanol–water partition coefficient (Wildman–Crippen LogP) is 4.72. The van der Waals surface area contributed by atoms with Crippen molar-refractivity contribution in [1.82, 2.24) is 0 Å². The summed E-state index contributed by atoms with van der Waals surface area (Å²) in [5, 5.41) is 3.46. The molecule has 3 rings (SSSR count). The van der Waals surface area contributed by atoms with Crippen LogP contribution in [0.5, 0.6) is 0 Å². The fraction of sp³-hybridized carbons (Fsp3) is 0.185. The number of carbonyl (C=O) groups is 1. The lowest BCUT2D eigenvalue weighted by molar-refractivity contribution is -0.122. The maximum Gasteiger partial charge on any atom is 0.182 e. The van der Waals surface area contributed by atoms with Gasteiger partial charge in [-0.2, -0.15) is 0 Å². The molecule has 0 saturated carbocycles. The van der Waals surface area contributed by atoms with Gasteiger partial charge in [0, 0.05) is 0 Å². The molecule has 0 N–H and O–H groups in total. The summed E-state index contributed by atoms with van der Waals surface area (Å²) in [6, 6.07) is 31.0. The van der Waals surface area contributed by atoms with Crippen molar-refractivity contribution in [2.24, 2.45) is 0 Å². The molecule has 0 fully saturated rings. The van der Waals surface area contributed by atoms with Crippen LogP contribution in [0.3, 0.4) is 0 Å². The molecule has 154 valence electrons. The van der Waals surface area contributed by atoms with Crippen LogP contribution >= 0.6 is 6.89 Å². The smallest absolute Gasteiger partial charge is 0.182 e. The first kappa shape index (κ1) is 22.0. The highest BCUT2D eigenvalue weighted by Crippen LogP contribution is 2.43. The molecule has 0 bridgehead atoms. The van der Waals surface area contributed by atoms with E-state index in [1.54, 1.807) is 0 Å². The molecule has 0 aliphatic heterocycles. The molecule has 3 aromatic carbocycles. The van der Waals surface area contributed by atoms with Crippen LogP contribution in [0.2, 0.25) is 0 Å². The minimum atomic E-state index is -2.28. The van der Waals surface area contributed by atoms with Gasteiger partial charge in [0.05, 0.1) is 5.60 Å². The lowest BCUT2D eigenvalue weighted by atomic mass is 10.1. The van der Waals surface area contributed by atoms with E-state index in [-0.39, 0.29) is 12.4 Å². The van der Waals surface area contributed by atoms with E-state index in [4.69, 9.17) is 4.74 Å². The van der Waals surface area contributed by atoms with E-state index in [0.29, 0.717) is 6.42 Å². The number of carbonyl (C=O) groups excluding carboxylic acids is 1. The van der Waals surface area contributed by atoms with Gasteiger partial charge in [-0.15, -0.1) is 6.58 Å². The van der Waals surface area contributed by atoms with Gasteiger partial charge in [0.25, 0.3) is 0 Å². The summed E-state index contributed by atoms with van der Waals surface area (Å²) in [4.78, 5) is 13.3. The molecule has 0 radical (unpaired) electrons. The Hall–Kier alpha value is -2.67. The van der Waals surface area contributed by atoms with Crippen LogP contribution in [0.25, 0.3) is 0 Å². The van der Waals surface area contributed by atoms with Gasteiger partial charge in [0.2, 0.25) is 0 Å². The number of Topliss-reactive ketones (excluding diaryl/α,β-unsaturated/α-hetero) is 1. The molecule has 0 heterocycles. The summed E-state index contributed by atoms with van der Waals surface area (Å²) in [5.41, 5.74) is -0.418. The van der Waals surface area contributed by atoms with Crippen molar-refractivity contribution in [3.05, 3.63) is 104 Å². The fourth-order valence-electron chi connectivity index (χ4n) is 3.59. The molecule has 3 aromatic rings. The van der Waals surface area contributed by atoms with E-state index in [0.717, 1.165) is 15.9 Å². The van der Waals surface area contributed by atoms with Gasteiger partial charge in [-0.1, -0.05) is 97.1 Å². The van der Waals surface area contributed by atoms with Crippen LogP contribution in [0.1, 0.15) is 20.3 Å². The molecule has 0 atom stereocenters. The first-order valence-corrected chi connectivity index (χ1v) is 12.0. The second kappa shape index (κ2) is 9.89. The topological polar surface area (TPSA) is 26.3 Å². The summed E-state index contributed by atoms with van der Waals surface area (Å²) in [6.07, 6.45) is 2.51. The lowest BCUT2D eigenvalue weighted by Gasteiger charge is -2.29. The second-order valence-corrected chi connectivity index (χ2v) is 11.1. The van der Waals surface area contributed by atoms with Crippen molar-refractivity contribution >= 4 is 34.4 Å². The van der Waals surface area contributed by atoms with E-state index >= 15 is 0 Å². The first-order chi connectivity index (χ1) is 14.5. The molecule has 0 spiro atoms. The summed E-state index contributed by atoms with van der Waals surface area (Å²) >= 11 is 0. The molecule has 2 nitrogen and oxygen atoms in total. The third-order valence-electron chi connectivity index (χ3n) is 5.07. The molecular formula is C27H29O2P. The van der Waals surface area contributed by atoms with Crippen molar-refractivity contribution < 1.29 is 9.53 Å². The zero-order valence-corrected chi connectivity index (χ0v) is 18.6. The highest BCUT2D eigenvalue weighted by atomic mass is 31.2. The Morgan fingerprint density at radius 2 is 1.23 bits per heavy atom. The van der Waals surface area contributed by atoms with Gasteiger partial charge >= 0.3 is 0 Å². The average Bonchev–Trinajstić information content (AvgIpc) is 2.78. The number of rotatable bonds is 9. The lowest BCUT2D eigenvalue weighted by Crippen LogP contribution is -2.31. The van der Waals surface area contributed by atoms with Crippen molar-refractivity contribution in [2.75, 3.05) is 6.61 Å². The number of hydrogen-bond acceptors (Lipinski definition) is 2. The van der Waals surface area contributed by atoms with Gasteiger partial charge < -0.3 is 4.74 Å². The minimum absolute atomic E-state index is 0.00275. The molecule has 3 heteroatoms. The summed E-state index contributed by atoms with van der Waals surface area (Å²) in [5.74, 6) is 1.92. The standard InChI is InChI=1S/C27H29O2P/c1-4-20-27(2,3)29-21-23(28)22-30(24-14-8-5-9-15-24,25-16-10-6-11-17-25)26-18-12-7-13-19-26/h4-19,22H,1,20-21H2,2-3H3. The number of hydrogen-bond donors (Lipinski definition) is 0. The Morgan fingerprint density at radius 1 is 0.833 bits per heavy atom. The highest BCUT2D eigenvalue weighted by Gasteiger charge is 2.27. The van der Waals surface area contributed by atoms with Crippen molar-refractivity contribution in [1.29, 1.82) is 0 Å². The molecule has 0 aliphatic rings. The van der Waals surface area contributed by atoms with E-state index < -0.39 is 12.5 Å². The van der Waals surface area contributed by atoms with E-state index in [2.05, 4.69) is 43.0 Å². The summed E-state index contributed by atoms with van der Waals surface area (Å²) in [6.45, 7) is 5.52. The number of ether oxygens (including phenoxy) is 1. The molecule has 0 saturated heterocycles. The maximum atomic E-state index is 13.3. The molecule has 0 aliphatic carbocycles. The number of ketones is 1. The van der Waals surface area contributed by atoms with Crippen molar-refractivity contribution in [3.63, 3.8) is 0 Å². The Kier molecular flexibility index (Phi) is 7.26. The van der Waals surface area contributed by atoms with Crippen molar-refractivity contribution in [2.45, 2.75) is 25.9 Å². The van der Waals surface area contributed by atoms with Gasteiger partial charge in [0.1, 0.15) is 6.61 Å². The largest absolute Gasteiger partial charge is 0.367 e. The highest BCUT2D eigenvalue weighted by molar-refractivity contribution is 7.95. The minimum Gasteiger partial charge on any atom is -0.367 e. The van der Waals surface area contributed by atoms with E-state index in [1.165, 1.54) is 0 Å². The first-order valence-electron chi connectivity index (χ1n) is 10.2. The molecular weight excluding hydrogens is 387 g/mol. The quantitative estimate of drug-likeness (QED) is 0.373. The zero-order chi connectivity index (χ0) is 21.5. The fourth-order valence-corrected chi connectivity index (χ4v) is 7.36. The van der Waals surface area contributed by atoms with Crippen LogP contribution in [-0.4, -0.2) is 23.8 Å². The Bertz CT molecular complexity index is 919. The predicted molar refractivity (Wildman–Crippen MR) is 131 cm³/mol. The number of benzene rings is 3. The zero-order valence-electron chi connectivity index (χ0n) is 17.7. The van der Waals surface area contributed by atoms with Crippen LogP contribution < -0.4 is 15.9 Å². The molecule has 0 amide bonds. The van der Waals surface area contributed by atoms with Crippen LogP contribution in [0.15, 0.2) is 104 Å². The third-order valence-corrected chi connectivity index (χ3v) is 9.08. The van der Waals surface area contributed by atoms with Gasteiger partial charge in [-0.3, -0.25) is 4.79 Å². The van der Waals surface area contributed by atoms with Gasteiger partial charge in [-0.25, -0.2) is 0 Å². The maximum absolute atomic E-state index is 13.3. The average molecular weight is 417 g/mol. The van der Waals surface area contributed by atoms with Crippen molar-refractivity contribution in [3.8, 4) is 0 Å². The monoisotopic (exact) mass is 416 g/mol. The molecule has 0 unspecified atom stereocenters. The third kappa shape index (κ3) is 5.08. The van der Waals surface area contributed by atoms with Crippen LogP contribution in [-0.2, 0) is 9.53 Å².